The SMILES string of the molecule is COc1cc(Br)c(CCNC(C)(C)[C@@H]2CC[C@@H](C)C[C@H]2O)cc1OC. The van der Waals surface area contributed by atoms with Crippen molar-refractivity contribution in [3.8, 4) is 11.5 Å². The Balaban J connectivity index is 1.97. The lowest BCUT2D eigenvalue weighted by molar-refractivity contribution is 0.00633. The smallest absolute Gasteiger partial charge is 0.161 e. The molecule has 0 unspecified atom stereocenters. The third kappa shape index (κ3) is 5.11. The van der Waals surface area contributed by atoms with Crippen LogP contribution in [-0.2, 0) is 6.42 Å². The van der Waals surface area contributed by atoms with Gasteiger partial charge < -0.3 is 19.9 Å². The number of aliphatic hydroxyl groups excluding tert-OH is 1. The van der Waals surface area contributed by atoms with Crippen LogP contribution in [0.5, 0.6) is 11.5 Å². The fourth-order valence-electron chi connectivity index (χ4n) is 3.93. The van der Waals surface area contributed by atoms with E-state index in [1.165, 1.54) is 12.0 Å². The number of rotatable bonds is 7. The van der Waals surface area contributed by atoms with Gasteiger partial charge in [0.1, 0.15) is 0 Å². The van der Waals surface area contributed by atoms with E-state index >= 15 is 0 Å². The Hall–Kier alpha value is -0.780. The molecular formula is C20H32BrNO3. The highest BCUT2D eigenvalue weighted by Gasteiger charge is 2.37. The molecule has 0 saturated heterocycles. The standard InChI is InChI=1S/C20H32BrNO3/c1-13-6-7-15(17(23)10-13)20(2,3)22-9-8-14-11-18(24-4)19(25-5)12-16(14)21/h11-13,15,17,22-23H,6-10H2,1-5H3/t13-,15-,17-/m1/s1. The Morgan fingerprint density at radius 1 is 1.20 bits per heavy atom. The van der Waals surface area contributed by atoms with Crippen LogP contribution in [0.15, 0.2) is 16.6 Å². The molecule has 1 saturated carbocycles. The molecule has 142 valence electrons. The average molecular weight is 414 g/mol. The number of aliphatic hydroxyl groups is 1. The van der Waals surface area contributed by atoms with Gasteiger partial charge in [-0.15, -0.1) is 0 Å². The summed E-state index contributed by atoms with van der Waals surface area (Å²) >= 11 is 3.62. The van der Waals surface area contributed by atoms with Crippen LogP contribution in [0.3, 0.4) is 0 Å². The van der Waals surface area contributed by atoms with Gasteiger partial charge >= 0.3 is 0 Å². The number of ether oxygens (including phenoxy) is 2. The summed E-state index contributed by atoms with van der Waals surface area (Å²) in [5.74, 6) is 2.41. The summed E-state index contributed by atoms with van der Waals surface area (Å²) in [5, 5.41) is 14.1. The van der Waals surface area contributed by atoms with Crippen molar-refractivity contribution < 1.29 is 14.6 Å². The van der Waals surface area contributed by atoms with Gasteiger partial charge in [-0.25, -0.2) is 0 Å². The maximum Gasteiger partial charge on any atom is 0.161 e. The quantitative estimate of drug-likeness (QED) is 0.703. The van der Waals surface area contributed by atoms with Gasteiger partial charge in [-0.1, -0.05) is 29.3 Å². The molecule has 0 radical (unpaired) electrons. The van der Waals surface area contributed by atoms with Crippen LogP contribution in [0.1, 0.15) is 45.6 Å². The Morgan fingerprint density at radius 3 is 2.44 bits per heavy atom. The summed E-state index contributed by atoms with van der Waals surface area (Å²) < 4.78 is 11.8. The van der Waals surface area contributed by atoms with E-state index in [1.807, 2.05) is 12.1 Å². The summed E-state index contributed by atoms with van der Waals surface area (Å²) in [7, 11) is 3.30. The Labute approximate surface area is 160 Å². The fourth-order valence-corrected chi connectivity index (χ4v) is 4.45. The second-order valence-electron chi connectivity index (χ2n) is 7.79. The first-order valence-electron chi connectivity index (χ1n) is 9.12. The van der Waals surface area contributed by atoms with Gasteiger partial charge in [0.15, 0.2) is 11.5 Å². The zero-order valence-electron chi connectivity index (χ0n) is 16.1. The van der Waals surface area contributed by atoms with E-state index in [-0.39, 0.29) is 11.6 Å². The molecule has 1 aromatic carbocycles. The van der Waals surface area contributed by atoms with E-state index in [0.717, 1.165) is 41.8 Å². The second kappa shape index (κ2) is 8.74. The minimum absolute atomic E-state index is 0.0808. The van der Waals surface area contributed by atoms with Crippen LogP contribution in [0.4, 0.5) is 0 Å². The van der Waals surface area contributed by atoms with Crippen LogP contribution < -0.4 is 14.8 Å². The first-order chi connectivity index (χ1) is 11.8. The van der Waals surface area contributed by atoms with Gasteiger partial charge in [0.25, 0.3) is 0 Å². The van der Waals surface area contributed by atoms with Crippen molar-refractivity contribution in [2.45, 2.75) is 58.1 Å². The zero-order valence-corrected chi connectivity index (χ0v) is 17.6. The molecule has 2 N–H and O–H groups in total. The van der Waals surface area contributed by atoms with Crippen molar-refractivity contribution in [2.75, 3.05) is 20.8 Å². The average Bonchev–Trinajstić information content (AvgIpc) is 2.55. The number of hydrogen-bond donors (Lipinski definition) is 2. The molecule has 1 aliphatic carbocycles. The molecule has 1 fully saturated rings. The predicted octanol–water partition coefficient (Wildman–Crippen LogP) is 4.17. The molecule has 1 aromatic rings. The van der Waals surface area contributed by atoms with Crippen molar-refractivity contribution in [3.63, 3.8) is 0 Å². The Morgan fingerprint density at radius 2 is 1.84 bits per heavy atom. The molecule has 0 heterocycles. The van der Waals surface area contributed by atoms with Crippen LogP contribution in [-0.4, -0.2) is 37.5 Å². The maximum atomic E-state index is 10.5. The third-order valence-electron chi connectivity index (χ3n) is 5.53. The molecule has 4 nitrogen and oxygen atoms in total. The number of methoxy groups -OCH3 is 2. The van der Waals surface area contributed by atoms with Crippen LogP contribution in [0.25, 0.3) is 0 Å². The van der Waals surface area contributed by atoms with Gasteiger partial charge in [0, 0.05) is 15.9 Å². The van der Waals surface area contributed by atoms with Crippen molar-refractivity contribution in [1.82, 2.24) is 5.32 Å². The van der Waals surface area contributed by atoms with Gasteiger partial charge in [-0.2, -0.15) is 0 Å². The summed E-state index contributed by atoms with van der Waals surface area (Å²) in [5.41, 5.74) is 1.10. The molecule has 25 heavy (non-hydrogen) atoms. The first-order valence-corrected chi connectivity index (χ1v) is 9.91. The van der Waals surface area contributed by atoms with Gasteiger partial charge in [-0.3, -0.25) is 0 Å². The van der Waals surface area contributed by atoms with Gasteiger partial charge in [0.05, 0.1) is 20.3 Å². The molecule has 5 heteroatoms. The molecule has 3 atom stereocenters. The zero-order chi connectivity index (χ0) is 18.6. The lowest BCUT2D eigenvalue weighted by atomic mass is 9.72. The number of benzene rings is 1. The monoisotopic (exact) mass is 413 g/mol. The molecule has 1 aliphatic rings. The molecular weight excluding hydrogens is 382 g/mol. The normalized spacial score (nSPS) is 24.2. The largest absolute Gasteiger partial charge is 0.493 e. The highest BCUT2D eigenvalue weighted by molar-refractivity contribution is 9.10. The minimum Gasteiger partial charge on any atom is -0.493 e. The molecule has 0 spiro atoms. The molecule has 0 amide bonds. The molecule has 0 aromatic heterocycles. The Bertz CT molecular complexity index is 576. The fraction of sp³-hybridized carbons (Fsp3) is 0.700. The summed E-state index contributed by atoms with van der Waals surface area (Å²) in [6.45, 7) is 7.50. The maximum absolute atomic E-state index is 10.5. The lowest BCUT2D eigenvalue weighted by Gasteiger charge is -2.42. The summed E-state index contributed by atoms with van der Waals surface area (Å²) in [6.07, 6.45) is 3.87. The van der Waals surface area contributed by atoms with Crippen molar-refractivity contribution >= 4 is 15.9 Å². The topological polar surface area (TPSA) is 50.7 Å². The minimum atomic E-state index is -0.209. The van der Waals surface area contributed by atoms with Crippen LogP contribution in [0.2, 0.25) is 0 Å². The van der Waals surface area contributed by atoms with Crippen LogP contribution in [0, 0.1) is 11.8 Å². The first kappa shape index (κ1) is 20.5. The highest BCUT2D eigenvalue weighted by atomic mass is 79.9. The molecule has 2 rings (SSSR count). The number of hydrogen-bond acceptors (Lipinski definition) is 4. The molecule has 0 aliphatic heterocycles. The third-order valence-corrected chi connectivity index (χ3v) is 6.27. The summed E-state index contributed by atoms with van der Waals surface area (Å²) in [6, 6.07) is 3.97. The van der Waals surface area contributed by atoms with Gasteiger partial charge in [0.2, 0.25) is 0 Å². The van der Waals surface area contributed by atoms with Crippen LogP contribution >= 0.6 is 15.9 Å². The van der Waals surface area contributed by atoms with Crippen molar-refractivity contribution in [1.29, 1.82) is 0 Å². The molecule has 0 bridgehead atoms. The van der Waals surface area contributed by atoms with E-state index in [4.69, 9.17) is 9.47 Å². The number of nitrogens with one attached hydrogen (secondary N) is 1. The Kier molecular flexibility index (Phi) is 7.18. The van der Waals surface area contributed by atoms with E-state index in [1.54, 1.807) is 14.2 Å². The van der Waals surface area contributed by atoms with E-state index in [9.17, 15) is 5.11 Å². The predicted molar refractivity (Wildman–Crippen MR) is 106 cm³/mol. The highest BCUT2D eigenvalue weighted by Crippen LogP contribution is 2.36. The van der Waals surface area contributed by atoms with Crippen molar-refractivity contribution in [2.24, 2.45) is 11.8 Å². The number of halogens is 1. The van der Waals surface area contributed by atoms with E-state index in [2.05, 4.69) is 42.0 Å². The van der Waals surface area contributed by atoms with E-state index < -0.39 is 0 Å². The van der Waals surface area contributed by atoms with Crippen molar-refractivity contribution in [3.05, 3.63) is 22.2 Å². The summed E-state index contributed by atoms with van der Waals surface area (Å²) in [4.78, 5) is 0. The van der Waals surface area contributed by atoms with E-state index in [0.29, 0.717) is 11.8 Å². The second-order valence-corrected chi connectivity index (χ2v) is 8.64. The van der Waals surface area contributed by atoms with Gasteiger partial charge in [-0.05, 0) is 63.3 Å². The lowest BCUT2D eigenvalue weighted by Crippen LogP contribution is -2.52.